The molecule has 72 valence electrons. The van der Waals surface area contributed by atoms with Gasteiger partial charge in [0.05, 0.1) is 0 Å². The normalized spacial score (nSPS) is 12.6. The van der Waals surface area contributed by atoms with Gasteiger partial charge < -0.3 is 9.13 Å². The largest absolute Gasteiger partial charge is 0.312 e. The van der Waals surface area contributed by atoms with Crippen LogP contribution in [0.15, 0.2) is 12.3 Å². The average Bonchev–Trinajstić information content (AvgIpc) is 2.13. The van der Waals surface area contributed by atoms with Crippen LogP contribution in [0.25, 0.3) is 0 Å². The fourth-order valence-electron chi connectivity index (χ4n) is 1.24. The van der Waals surface area contributed by atoms with Gasteiger partial charge in [0, 0.05) is 0 Å². The predicted octanol–water partition coefficient (Wildman–Crippen LogP) is 1.69. The highest BCUT2D eigenvalue weighted by atomic mass is 28.3. The predicted molar refractivity (Wildman–Crippen MR) is 58.4 cm³/mol. The first-order valence-electron chi connectivity index (χ1n) is 4.59. The minimum Gasteiger partial charge on any atom is -0.312 e. The van der Waals surface area contributed by atoms with E-state index >= 15 is 0 Å². The molecule has 0 aromatic carbocycles. The van der Waals surface area contributed by atoms with Crippen molar-refractivity contribution in [3.8, 4) is 0 Å². The lowest BCUT2D eigenvalue weighted by Gasteiger charge is -2.40. The van der Waals surface area contributed by atoms with Gasteiger partial charge in [-0.25, -0.2) is 0 Å². The lowest BCUT2D eigenvalue weighted by atomic mass is 10.8. The van der Waals surface area contributed by atoms with Gasteiger partial charge in [-0.2, -0.15) is 0 Å². The SMILES string of the molecule is C=C[Si](C)(N(C)CC)N(C)CC. The maximum atomic E-state index is 3.95. The Hall–Kier alpha value is -0.123. The van der Waals surface area contributed by atoms with Crippen molar-refractivity contribution in [2.24, 2.45) is 0 Å². The second kappa shape index (κ2) is 4.79. The number of rotatable bonds is 5. The molecule has 0 aliphatic rings. The molecule has 0 unspecified atom stereocenters. The van der Waals surface area contributed by atoms with E-state index in [-0.39, 0.29) is 0 Å². The van der Waals surface area contributed by atoms with Crippen molar-refractivity contribution < 1.29 is 0 Å². The van der Waals surface area contributed by atoms with Crippen molar-refractivity contribution in [3.63, 3.8) is 0 Å². The standard InChI is InChI=1S/C9H22N2Si/c1-7-10(4)12(6,9-3)11(5)8-2/h9H,3,7-8H2,1-2,4-6H3. The summed E-state index contributed by atoms with van der Waals surface area (Å²) in [5.74, 6) is 0. The summed E-state index contributed by atoms with van der Waals surface area (Å²) in [5.41, 5.74) is 2.14. The fraction of sp³-hybridized carbons (Fsp3) is 0.778. The molecule has 0 fully saturated rings. The highest BCUT2D eigenvalue weighted by Gasteiger charge is 2.32. The van der Waals surface area contributed by atoms with E-state index in [1.165, 1.54) is 0 Å². The van der Waals surface area contributed by atoms with E-state index in [1.807, 2.05) is 0 Å². The molecule has 0 amide bonds. The first-order valence-corrected chi connectivity index (χ1v) is 7.06. The van der Waals surface area contributed by atoms with E-state index in [0.29, 0.717) is 0 Å². The Morgan fingerprint density at radius 3 is 1.67 bits per heavy atom. The van der Waals surface area contributed by atoms with E-state index in [0.717, 1.165) is 13.1 Å². The summed E-state index contributed by atoms with van der Waals surface area (Å²) in [4.78, 5) is 0. The van der Waals surface area contributed by atoms with Crippen LogP contribution in [-0.4, -0.2) is 44.7 Å². The number of hydrogen-bond acceptors (Lipinski definition) is 2. The Morgan fingerprint density at radius 1 is 1.17 bits per heavy atom. The van der Waals surface area contributed by atoms with Gasteiger partial charge in [-0.3, -0.25) is 0 Å². The van der Waals surface area contributed by atoms with Crippen LogP contribution in [-0.2, 0) is 0 Å². The summed E-state index contributed by atoms with van der Waals surface area (Å²) in [7, 11) is 2.86. The quantitative estimate of drug-likeness (QED) is 0.603. The van der Waals surface area contributed by atoms with Crippen LogP contribution in [0.4, 0.5) is 0 Å². The molecule has 12 heavy (non-hydrogen) atoms. The van der Waals surface area contributed by atoms with Gasteiger partial charge in [-0.15, -0.1) is 6.58 Å². The second-order valence-electron chi connectivity index (χ2n) is 3.33. The topological polar surface area (TPSA) is 6.48 Å². The van der Waals surface area contributed by atoms with Crippen LogP contribution < -0.4 is 0 Å². The van der Waals surface area contributed by atoms with E-state index < -0.39 is 8.40 Å². The van der Waals surface area contributed by atoms with Crippen LogP contribution in [0.1, 0.15) is 13.8 Å². The molecule has 2 nitrogen and oxygen atoms in total. The molecule has 0 aromatic rings. The molecule has 0 N–H and O–H groups in total. The van der Waals surface area contributed by atoms with Crippen LogP contribution in [0, 0.1) is 0 Å². The third-order valence-electron chi connectivity index (χ3n) is 2.88. The first-order chi connectivity index (χ1) is 5.52. The summed E-state index contributed by atoms with van der Waals surface area (Å²) in [6.45, 7) is 12.9. The van der Waals surface area contributed by atoms with Crippen LogP contribution in [0.5, 0.6) is 0 Å². The molecule has 0 bridgehead atoms. The Balaban J connectivity index is 4.53. The van der Waals surface area contributed by atoms with Gasteiger partial charge >= 0.3 is 0 Å². The Bertz CT molecular complexity index is 137. The zero-order valence-electron chi connectivity index (χ0n) is 9.09. The molecule has 0 aliphatic heterocycles. The van der Waals surface area contributed by atoms with Crippen molar-refractivity contribution in [2.45, 2.75) is 20.4 Å². The van der Waals surface area contributed by atoms with Crippen molar-refractivity contribution in [2.75, 3.05) is 27.2 Å². The molecule has 0 saturated carbocycles. The van der Waals surface area contributed by atoms with Crippen LogP contribution in [0.3, 0.4) is 0 Å². The van der Waals surface area contributed by atoms with Gasteiger partial charge in [0.25, 0.3) is 0 Å². The maximum absolute atomic E-state index is 3.95. The molecule has 0 spiro atoms. The molecule has 0 aromatic heterocycles. The summed E-state index contributed by atoms with van der Waals surface area (Å²) in [5, 5.41) is 0. The summed E-state index contributed by atoms with van der Waals surface area (Å²) in [6.07, 6.45) is 0. The summed E-state index contributed by atoms with van der Waals surface area (Å²) in [6, 6.07) is 0. The smallest absolute Gasteiger partial charge is 0.228 e. The van der Waals surface area contributed by atoms with Gasteiger partial charge in [0.2, 0.25) is 8.40 Å². The van der Waals surface area contributed by atoms with Crippen molar-refractivity contribution >= 4 is 8.40 Å². The van der Waals surface area contributed by atoms with Gasteiger partial charge in [0.1, 0.15) is 0 Å². The lowest BCUT2D eigenvalue weighted by molar-refractivity contribution is 0.428. The molecule has 0 aliphatic carbocycles. The van der Waals surface area contributed by atoms with Crippen molar-refractivity contribution in [1.82, 2.24) is 9.13 Å². The van der Waals surface area contributed by atoms with Crippen LogP contribution in [0.2, 0.25) is 6.55 Å². The molecular formula is C9H22N2Si. The Labute approximate surface area is 78.0 Å². The summed E-state index contributed by atoms with van der Waals surface area (Å²) < 4.78 is 4.84. The maximum Gasteiger partial charge on any atom is 0.228 e. The van der Waals surface area contributed by atoms with Gasteiger partial charge in [-0.05, 0) is 33.7 Å². The third kappa shape index (κ3) is 2.18. The molecule has 3 heteroatoms. The molecule has 0 atom stereocenters. The van der Waals surface area contributed by atoms with Crippen molar-refractivity contribution in [3.05, 3.63) is 12.3 Å². The number of hydrogen-bond donors (Lipinski definition) is 0. The molecule has 0 heterocycles. The molecule has 0 radical (unpaired) electrons. The molecule has 0 saturated heterocycles. The molecule has 0 rings (SSSR count). The Kier molecular flexibility index (Phi) is 4.75. The minimum absolute atomic E-state index is 1.10. The highest BCUT2D eigenvalue weighted by molar-refractivity contribution is 6.77. The highest BCUT2D eigenvalue weighted by Crippen LogP contribution is 2.12. The van der Waals surface area contributed by atoms with Crippen LogP contribution >= 0.6 is 0 Å². The zero-order chi connectivity index (χ0) is 9.78. The molecular weight excluding hydrogens is 164 g/mol. The fourth-order valence-corrected chi connectivity index (χ4v) is 3.73. The first kappa shape index (κ1) is 11.9. The summed E-state index contributed by atoms with van der Waals surface area (Å²) >= 11 is 0. The Morgan fingerprint density at radius 2 is 1.50 bits per heavy atom. The average molecular weight is 186 g/mol. The van der Waals surface area contributed by atoms with Crippen molar-refractivity contribution in [1.29, 1.82) is 0 Å². The third-order valence-corrected chi connectivity index (χ3v) is 7.38. The zero-order valence-corrected chi connectivity index (χ0v) is 10.1. The van der Waals surface area contributed by atoms with E-state index in [9.17, 15) is 0 Å². The van der Waals surface area contributed by atoms with E-state index in [2.05, 4.69) is 55.9 Å². The monoisotopic (exact) mass is 186 g/mol. The van der Waals surface area contributed by atoms with Gasteiger partial charge in [0.15, 0.2) is 0 Å². The minimum atomic E-state index is -1.50. The number of nitrogens with zero attached hydrogens (tertiary/aromatic N) is 2. The second-order valence-corrected chi connectivity index (χ2v) is 7.45. The van der Waals surface area contributed by atoms with E-state index in [4.69, 9.17) is 0 Å². The van der Waals surface area contributed by atoms with E-state index in [1.54, 1.807) is 0 Å². The lowest BCUT2D eigenvalue weighted by Crippen LogP contribution is -2.59. The van der Waals surface area contributed by atoms with Gasteiger partial charge in [-0.1, -0.05) is 19.5 Å².